The van der Waals surface area contributed by atoms with E-state index in [0.717, 1.165) is 48.2 Å². The summed E-state index contributed by atoms with van der Waals surface area (Å²) in [5.74, 6) is 0.0326. The van der Waals surface area contributed by atoms with E-state index in [1.165, 1.54) is 0 Å². The molecule has 0 saturated carbocycles. The Kier molecular flexibility index (Phi) is 3.41. The Morgan fingerprint density at radius 2 is 2.38 bits per heavy atom. The molecule has 2 aromatic rings. The Hall–Kier alpha value is -1.95. The van der Waals surface area contributed by atoms with Crippen molar-refractivity contribution in [1.29, 1.82) is 0 Å². The van der Waals surface area contributed by atoms with Gasteiger partial charge in [-0.05, 0) is 38.8 Å². The van der Waals surface area contributed by atoms with Gasteiger partial charge in [0, 0.05) is 12.4 Å². The Morgan fingerprint density at radius 3 is 3.05 bits per heavy atom. The largest absolute Gasteiger partial charge is 0.323 e. The summed E-state index contributed by atoms with van der Waals surface area (Å²) in [7, 11) is 1.87. The zero-order valence-corrected chi connectivity index (χ0v) is 12.7. The smallest absolute Gasteiger partial charge is 0.244 e. The van der Waals surface area contributed by atoms with Gasteiger partial charge in [-0.1, -0.05) is 6.92 Å². The van der Waals surface area contributed by atoms with Gasteiger partial charge in [0.2, 0.25) is 5.91 Å². The van der Waals surface area contributed by atoms with E-state index in [2.05, 4.69) is 20.7 Å². The Balaban J connectivity index is 1.88. The van der Waals surface area contributed by atoms with Crippen LogP contribution in [-0.4, -0.2) is 32.8 Å². The fraction of sp³-hybridized carbons (Fsp3) is 0.533. The van der Waals surface area contributed by atoms with Crippen LogP contribution in [-0.2, 0) is 11.8 Å². The third-order valence-electron chi connectivity index (χ3n) is 4.40. The van der Waals surface area contributed by atoms with Crippen LogP contribution in [0.15, 0.2) is 12.3 Å². The van der Waals surface area contributed by atoms with E-state index in [4.69, 9.17) is 0 Å². The number of fused-ring (bicyclic) bond motifs is 1. The van der Waals surface area contributed by atoms with Gasteiger partial charge in [0.25, 0.3) is 0 Å². The standard InChI is InChI=1S/C15H21N5O/c1-4-15(6-5-7-17-15)14(21)18-11-8-12-10(2)19-20(3)13(12)16-9-11/h8-9,17H,4-7H2,1-3H3,(H,18,21). The van der Waals surface area contributed by atoms with Gasteiger partial charge < -0.3 is 10.6 Å². The highest BCUT2D eigenvalue weighted by Crippen LogP contribution is 2.26. The summed E-state index contributed by atoms with van der Waals surface area (Å²) in [5, 5.41) is 11.7. The fourth-order valence-electron chi connectivity index (χ4n) is 3.09. The normalized spacial score (nSPS) is 21.9. The van der Waals surface area contributed by atoms with Crippen LogP contribution < -0.4 is 10.6 Å². The van der Waals surface area contributed by atoms with Crippen LogP contribution in [0.25, 0.3) is 11.0 Å². The zero-order valence-electron chi connectivity index (χ0n) is 12.7. The second-order valence-corrected chi connectivity index (χ2v) is 5.72. The lowest BCUT2D eigenvalue weighted by Gasteiger charge is -2.26. The number of hydrogen-bond donors (Lipinski definition) is 2. The van der Waals surface area contributed by atoms with E-state index in [9.17, 15) is 4.79 Å². The minimum atomic E-state index is -0.432. The van der Waals surface area contributed by atoms with Crippen LogP contribution in [0, 0.1) is 6.92 Å². The molecule has 1 atom stereocenters. The monoisotopic (exact) mass is 287 g/mol. The van der Waals surface area contributed by atoms with E-state index < -0.39 is 5.54 Å². The predicted molar refractivity (Wildman–Crippen MR) is 82.1 cm³/mol. The summed E-state index contributed by atoms with van der Waals surface area (Å²) in [6.45, 7) is 4.90. The molecule has 112 valence electrons. The van der Waals surface area contributed by atoms with Gasteiger partial charge in [0.15, 0.2) is 5.65 Å². The first-order valence-corrected chi connectivity index (χ1v) is 7.41. The highest BCUT2D eigenvalue weighted by Gasteiger charge is 2.39. The number of anilines is 1. The Labute approximate surface area is 123 Å². The summed E-state index contributed by atoms with van der Waals surface area (Å²) in [6.07, 6.45) is 4.41. The number of nitrogens with zero attached hydrogens (tertiary/aromatic N) is 3. The number of carbonyl (C=O) groups excluding carboxylic acids is 1. The molecule has 1 aliphatic rings. The highest BCUT2D eigenvalue weighted by molar-refractivity contribution is 5.99. The van der Waals surface area contributed by atoms with E-state index in [1.54, 1.807) is 10.9 Å². The van der Waals surface area contributed by atoms with Gasteiger partial charge in [-0.2, -0.15) is 5.10 Å². The van der Waals surface area contributed by atoms with Crippen molar-refractivity contribution in [2.24, 2.45) is 7.05 Å². The molecule has 0 spiro atoms. The van der Waals surface area contributed by atoms with E-state index in [0.29, 0.717) is 0 Å². The third kappa shape index (κ3) is 2.29. The summed E-state index contributed by atoms with van der Waals surface area (Å²) in [6, 6.07) is 1.95. The molecule has 0 aliphatic carbocycles. The first-order chi connectivity index (χ1) is 10.1. The molecule has 1 fully saturated rings. The minimum absolute atomic E-state index is 0.0326. The lowest BCUT2D eigenvalue weighted by Crippen LogP contribution is -2.50. The van der Waals surface area contributed by atoms with Gasteiger partial charge in [-0.3, -0.25) is 9.48 Å². The van der Waals surface area contributed by atoms with Crippen LogP contribution in [0.4, 0.5) is 5.69 Å². The maximum Gasteiger partial charge on any atom is 0.244 e. The number of amides is 1. The van der Waals surface area contributed by atoms with Crippen LogP contribution >= 0.6 is 0 Å². The molecule has 2 N–H and O–H groups in total. The third-order valence-corrected chi connectivity index (χ3v) is 4.40. The molecule has 0 aromatic carbocycles. The molecule has 3 heterocycles. The van der Waals surface area contributed by atoms with Crippen molar-refractivity contribution in [2.75, 3.05) is 11.9 Å². The maximum atomic E-state index is 12.6. The van der Waals surface area contributed by atoms with Crippen molar-refractivity contribution in [3.05, 3.63) is 18.0 Å². The number of aryl methyl sites for hydroxylation is 2. The number of nitrogens with one attached hydrogen (secondary N) is 2. The molecule has 2 aromatic heterocycles. The average Bonchev–Trinajstić information content (AvgIpc) is 3.06. The summed E-state index contributed by atoms with van der Waals surface area (Å²) < 4.78 is 1.75. The molecule has 0 radical (unpaired) electrons. The number of aromatic nitrogens is 3. The molecule has 1 saturated heterocycles. The topological polar surface area (TPSA) is 71.8 Å². The van der Waals surface area contributed by atoms with Crippen molar-refractivity contribution in [3.8, 4) is 0 Å². The van der Waals surface area contributed by atoms with Crippen LogP contribution in [0.1, 0.15) is 31.9 Å². The lowest BCUT2D eigenvalue weighted by atomic mass is 9.93. The van der Waals surface area contributed by atoms with Crippen LogP contribution in [0.3, 0.4) is 0 Å². The summed E-state index contributed by atoms with van der Waals surface area (Å²) in [5.41, 5.74) is 2.04. The van der Waals surface area contributed by atoms with Crippen molar-refractivity contribution in [3.63, 3.8) is 0 Å². The lowest BCUT2D eigenvalue weighted by molar-refractivity contribution is -0.122. The molecule has 6 heteroatoms. The summed E-state index contributed by atoms with van der Waals surface area (Å²) >= 11 is 0. The van der Waals surface area contributed by atoms with Crippen molar-refractivity contribution < 1.29 is 4.79 Å². The highest BCUT2D eigenvalue weighted by atomic mass is 16.2. The van der Waals surface area contributed by atoms with Crippen molar-refractivity contribution in [1.82, 2.24) is 20.1 Å². The van der Waals surface area contributed by atoms with Crippen LogP contribution in [0.5, 0.6) is 0 Å². The predicted octanol–water partition coefficient (Wildman–Crippen LogP) is 1.75. The first kappa shape index (κ1) is 14.0. The molecule has 3 rings (SSSR count). The first-order valence-electron chi connectivity index (χ1n) is 7.41. The van der Waals surface area contributed by atoms with E-state index in [-0.39, 0.29) is 5.91 Å². The Morgan fingerprint density at radius 1 is 1.57 bits per heavy atom. The second-order valence-electron chi connectivity index (χ2n) is 5.72. The number of hydrogen-bond acceptors (Lipinski definition) is 4. The van der Waals surface area contributed by atoms with Crippen molar-refractivity contribution in [2.45, 2.75) is 38.6 Å². The second kappa shape index (κ2) is 5.11. The SMILES string of the molecule is CCC1(C(=O)Nc2cnc3c(c2)c(C)nn3C)CCCN1. The zero-order chi connectivity index (χ0) is 15.0. The van der Waals surface area contributed by atoms with Gasteiger partial charge in [0.1, 0.15) is 0 Å². The van der Waals surface area contributed by atoms with Gasteiger partial charge in [-0.25, -0.2) is 4.98 Å². The maximum absolute atomic E-state index is 12.6. The molecule has 1 aliphatic heterocycles. The fourth-order valence-corrected chi connectivity index (χ4v) is 3.09. The molecular formula is C15H21N5O. The number of carbonyl (C=O) groups is 1. The van der Waals surface area contributed by atoms with Gasteiger partial charge in [-0.15, -0.1) is 0 Å². The van der Waals surface area contributed by atoms with Gasteiger partial charge >= 0.3 is 0 Å². The van der Waals surface area contributed by atoms with Crippen LogP contribution in [0.2, 0.25) is 0 Å². The molecule has 6 nitrogen and oxygen atoms in total. The number of rotatable bonds is 3. The molecule has 1 amide bonds. The quantitative estimate of drug-likeness (QED) is 0.902. The molecule has 0 bridgehead atoms. The minimum Gasteiger partial charge on any atom is -0.323 e. The Bertz CT molecular complexity index is 685. The van der Waals surface area contributed by atoms with E-state index in [1.807, 2.05) is 27.0 Å². The number of pyridine rings is 1. The molecular weight excluding hydrogens is 266 g/mol. The van der Waals surface area contributed by atoms with Gasteiger partial charge in [0.05, 0.1) is 23.1 Å². The molecule has 21 heavy (non-hydrogen) atoms. The van der Waals surface area contributed by atoms with Crippen molar-refractivity contribution >= 4 is 22.6 Å². The summed E-state index contributed by atoms with van der Waals surface area (Å²) in [4.78, 5) is 17.0. The van der Waals surface area contributed by atoms with E-state index >= 15 is 0 Å². The molecule has 1 unspecified atom stereocenters. The average molecular weight is 287 g/mol.